The largest absolute Gasteiger partial charge is 0.481 e. The normalized spacial score (nSPS) is 12.8. The molecule has 0 radical (unpaired) electrons. The molecule has 2 N–H and O–H groups in total. The van der Waals surface area contributed by atoms with E-state index in [1.165, 1.54) is 0 Å². The average molecular weight is 250 g/mol. The molecule has 5 heteroatoms. The Bertz CT molecular complexity index is 424. The lowest BCUT2D eigenvalue weighted by Crippen LogP contribution is -2.42. The summed E-state index contributed by atoms with van der Waals surface area (Å²) >= 11 is 0. The summed E-state index contributed by atoms with van der Waals surface area (Å²) in [5, 5.41) is 11.7. The van der Waals surface area contributed by atoms with Gasteiger partial charge in [-0.25, -0.2) is 0 Å². The van der Waals surface area contributed by atoms with Crippen molar-refractivity contribution < 1.29 is 14.7 Å². The first kappa shape index (κ1) is 14.2. The molecule has 1 aromatic rings. The second-order valence-corrected chi connectivity index (χ2v) is 5.22. The van der Waals surface area contributed by atoms with Crippen LogP contribution in [0.4, 0.5) is 0 Å². The van der Waals surface area contributed by atoms with E-state index in [1.54, 1.807) is 39.2 Å². The van der Waals surface area contributed by atoms with Gasteiger partial charge in [0.05, 0.1) is 0 Å². The summed E-state index contributed by atoms with van der Waals surface area (Å²) in [6, 6.07) is 3.58. The lowest BCUT2D eigenvalue weighted by Gasteiger charge is -2.25. The van der Waals surface area contributed by atoms with E-state index in [4.69, 9.17) is 5.11 Å². The Morgan fingerprint density at radius 2 is 2.11 bits per heavy atom. The van der Waals surface area contributed by atoms with Gasteiger partial charge >= 0.3 is 5.97 Å². The van der Waals surface area contributed by atoms with E-state index in [2.05, 4.69) is 10.3 Å². The van der Waals surface area contributed by atoms with E-state index in [-0.39, 0.29) is 6.54 Å². The van der Waals surface area contributed by atoms with E-state index < -0.39 is 23.2 Å². The number of carbonyl (C=O) groups excluding carboxylic acids is 1. The van der Waals surface area contributed by atoms with Gasteiger partial charge in [0.25, 0.3) is 0 Å². The maximum absolute atomic E-state index is 11.9. The van der Waals surface area contributed by atoms with Crippen molar-refractivity contribution in [3.05, 3.63) is 30.1 Å². The van der Waals surface area contributed by atoms with Gasteiger partial charge in [-0.15, -0.1) is 0 Å². The molecule has 1 heterocycles. The maximum Gasteiger partial charge on any atom is 0.316 e. The highest BCUT2D eigenvalue weighted by Crippen LogP contribution is 2.26. The van der Waals surface area contributed by atoms with E-state index in [1.807, 2.05) is 6.07 Å². The van der Waals surface area contributed by atoms with Gasteiger partial charge in [0, 0.05) is 18.9 Å². The molecule has 1 amide bonds. The van der Waals surface area contributed by atoms with E-state index >= 15 is 0 Å². The van der Waals surface area contributed by atoms with Gasteiger partial charge in [-0.05, 0) is 17.0 Å². The first-order chi connectivity index (χ1) is 8.32. The van der Waals surface area contributed by atoms with Crippen molar-refractivity contribution in [2.75, 3.05) is 0 Å². The van der Waals surface area contributed by atoms with Gasteiger partial charge in [-0.3, -0.25) is 14.6 Å². The first-order valence-corrected chi connectivity index (χ1v) is 5.72. The SMILES string of the molecule is CC(C)(C)C(C(=O)O)C(=O)NCc1cccnc1. The number of rotatable bonds is 4. The molecule has 0 fully saturated rings. The quantitative estimate of drug-likeness (QED) is 0.792. The third-order valence-corrected chi connectivity index (χ3v) is 2.56. The van der Waals surface area contributed by atoms with Crippen LogP contribution in [0.1, 0.15) is 26.3 Å². The molecule has 0 aliphatic heterocycles. The molecule has 0 saturated heterocycles. The van der Waals surface area contributed by atoms with E-state index in [9.17, 15) is 9.59 Å². The highest BCUT2D eigenvalue weighted by molar-refractivity contribution is 5.97. The van der Waals surface area contributed by atoms with Crippen molar-refractivity contribution in [3.8, 4) is 0 Å². The standard InChI is InChI=1S/C13H18N2O3/c1-13(2,3)10(12(17)18)11(16)15-8-9-5-4-6-14-7-9/h4-7,10H,8H2,1-3H3,(H,15,16)(H,17,18). The van der Waals surface area contributed by atoms with Gasteiger partial charge in [0.1, 0.15) is 5.92 Å². The van der Waals surface area contributed by atoms with E-state index in [0.29, 0.717) is 0 Å². The number of carboxylic acids is 1. The number of aliphatic carboxylic acids is 1. The minimum Gasteiger partial charge on any atom is -0.481 e. The Balaban J connectivity index is 2.67. The molecule has 0 aliphatic rings. The molecule has 5 nitrogen and oxygen atoms in total. The highest BCUT2D eigenvalue weighted by Gasteiger charge is 2.37. The summed E-state index contributed by atoms with van der Waals surface area (Å²) in [5.74, 6) is -2.64. The maximum atomic E-state index is 11.9. The summed E-state index contributed by atoms with van der Waals surface area (Å²) in [6.45, 7) is 5.48. The summed E-state index contributed by atoms with van der Waals surface area (Å²) in [5.41, 5.74) is 0.217. The number of hydrogen-bond donors (Lipinski definition) is 2. The first-order valence-electron chi connectivity index (χ1n) is 5.72. The lowest BCUT2D eigenvalue weighted by atomic mass is 9.80. The van der Waals surface area contributed by atoms with Crippen LogP contribution in [0, 0.1) is 11.3 Å². The van der Waals surface area contributed by atoms with Crippen LogP contribution in [0.25, 0.3) is 0 Å². The molecule has 0 bridgehead atoms. The van der Waals surface area contributed by atoms with Crippen LogP contribution >= 0.6 is 0 Å². The Hall–Kier alpha value is -1.91. The van der Waals surface area contributed by atoms with Gasteiger partial charge in [0.2, 0.25) is 5.91 Å². The Labute approximate surface area is 106 Å². The zero-order valence-corrected chi connectivity index (χ0v) is 10.8. The fraction of sp³-hybridized carbons (Fsp3) is 0.462. The lowest BCUT2D eigenvalue weighted by molar-refractivity contribution is -0.151. The topological polar surface area (TPSA) is 79.3 Å². The minimum atomic E-state index is -1.11. The number of nitrogens with one attached hydrogen (secondary N) is 1. The number of carboxylic acid groups (broad SMARTS) is 1. The zero-order chi connectivity index (χ0) is 13.8. The van der Waals surface area contributed by atoms with Crippen molar-refractivity contribution in [1.29, 1.82) is 0 Å². The summed E-state index contributed by atoms with van der Waals surface area (Å²) in [4.78, 5) is 26.9. The number of nitrogens with zero attached hydrogens (tertiary/aromatic N) is 1. The molecular formula is C13H18N2O3. The van der Waals surface area contributed by atoms with Crippen LogP contribution in [-0.4, -0.2) is 22.0 Å². The minimum absolute atomic E-state index is 0.284. The molecule has 1 atom stereocenters. The molecule has 0 aromatic carbocycles. The Morgan fingerprint density at radius 3 is 2.56 bits per heavy atom. The Kier molecular flexibility index (Phi) is 4.42. The van der Waals surface area contributed by atoms with Crippen molar-refractivity contribution in [2.45, 2.75) is 27.3 Å². The van der Waals surface area contributed by atoms with Crippen molar-refractivity contribution in [3.63, 3.8) is 0 Å². The second kappa shape index (κ2) is 5.62. The van der Waals surface area contributed by atoms with Crippen LogP contribution in [0.2, 0.25) is 0 Å². The number of aromatic nitrogens is 1. The third kappa shape index (κ3) is 3.84. The second-order valence-electron chi connectivity index (χ2n) is 5.22. The number of carbonyl (C=O) groups is 2. The molecule has 0 spiro atoms. The molecule has 18 heavy (non-hydrogen) atoms. The Morgan fingerprint density at radius 1 is 1.44 bits per heavy atom. The number of pyridine rings is 1. The average Bonchev–Trinajstić information content (AvgIpc) is 2.25. The molecule has 1 unspecified atom stereocenters. The van der Waals surface area contributed by atoms with Crippen LogP contribution in [-0.2, 0) is 16.1 Å². The summed E-state index contributed by atoms with van der Waals surface area (Å²) < 4.78 is 0. The number of hydrogen-bond acceptors (Lipinski definition) is 3. The van der Waals surface area contributed by atoms with Gasteiger partial charge in [-0.2, -0.15) is 0 Å². The van der Waals surface area contributed by atoms with Gasteiger partial charge in [0.15, 0.2) is 0 Å². The third-order valence-electron chi connectivity index (χ3n) is 2.56. The molecule has 1 rings (SSSR count). The van der Waals surface area contributed by atoms with Crippen LogP contribution in [0.5, 0.6) is 0 Å². The van der Waals surface area contributed by atoms with Crippen LogP contribution in [0.3, 0.4) is 0 Å². The van der Waals surface area contributed by atoms with Crippen molar-refractivity contribution in [2.24, 2.45) is 11.3 Å². The smallest absolute Gasteiger partial charge is 0.316 e. The highest BCUT2D eigenvalue weighted by atomic mass is 16.4. The fourth-order valence-corrected chi connectivity index (χ4v) is 1.67. The molecule has 0 saturated carbocycles. The molecular weight excluding hydrogens is 232 g/mol. The fourth-order valence-electron chi connectivity index (χ4n) is 1.67. The van der Waals surface area contributed by atoms with Gasteiger partial charge < -0.3 is 10.4 Å². The summed E-state index contributed by atoms with van der Waals surface area (Å²) in [6.07, 6.45) is 3.27. The van der Waals surface area contributed by atoms with Crippen LogP contribution < -0.4 is 5.32 Å². The van der Waals surface area contributed by atoms with Crippen molar-refractivity contribution >= 4 is 11.9 Å². The molecule has 0 aliphatic carbocycles. The predicted octanol–water partition coefficient (Wildman–Crippen LogP) is 1.44. The van der Waals surface area contributed by atoms with Crippen LogP contribution in [0.15, 0.2) is 24.5 Å². The van der Waals surface area contributed by atoms with Gasteiger partial charge in [-0.1, -0.05) is 26.8 Å². The molecule has 1 aromatic heterocycles. The monoisotopic (exact) mass is 250 g/mol. The zero-order valence-electron chi connectivity index (χ0n) is 10.8. The predicted molar refractivity (Wildman–Crippen MR) is 66.7 cm³/mol. The van der Waals surface area contributed by atoms with Crippen molar-refractivity contribution in [1.82, 2.24) is 10.3 Å². The molecule has 98 valence electrons. The van der Waals surface area contributed by atoms with E-state index in [0.717, 1.165) is 5.56 Å². The number of amides is 1. The summed E-state index contributed by atoms with van der Waals surface area (Å²) in [7, 11) is 0.